The molecule has 1 aromatic carbocycles. The van der Waals surface area contributed by atoms with Gasteiger partial charge in [0, 0.05) is 12.1 Å². The number of ether oxygens (including phenoxy) is 1. The van der Waals surface area contributed by atoms with E-state index < -0.39 is 0 Å². The molecule has 114 valence electrons. The Morgan fingerprint density at radius 3 is 2.76 bits per heavy atom. The normalized spacial score (nSPS) is 18.0. The number of aromatic amines is 1. The Kier molecular flexibility index (Phi) is 4.34. The summed E-state index contributed by atoms with van der Waals surface area (Å²) in [5, 5.41) is 0. The van der Waals surface area contributed by atoms with E-state index in [0.717, 1.165) is 28.4 Å². The fourth-order valence-electron chi connectivity index (χ4n) is 3.81. The first-order chi connectivity index (χ1) is 10.2. The molecule has 0 aliphatic heterocycles. The van der Waals surface area contributed by atoms with Gasteiger partial charge in [-0.1, -0.05) is 26.2 Å². The van der Waals surface area contributed by atoms with E-state index in [1.165, 1.54) is 37.6 Å². The average Bonchev–Trinajstić information content (AvgIpc) is 2.85. The maximum atomic E-state index is 5.61. The van der Waals surface area contributed by atoms with Crippen LogP contribution >= 0.6 is 12.2 Å². The van der Waals surface area contributed by atoms with Crippen LogP contribution in [0.25, 0.3) is 11.0 Å². The van der Waals surface area contributed by atoms with Gasteiger partial charge in [0.25, 0.3) is 0 Å². The minimum Gasteiger partial charge on any atom is -0.497 e. The lowest BCUT2D eigenvalue weighted by atomic mass is 9.83. The minimum absolute atomic E-state index is 0.514. The van der Waals surface area contributed by atoms with Gasteiger partial charge in [-0.2, -0.15) is 0 Å². The molecule has 1 fully saturated rings. The Labute approximate surface area is 131 Å². The molecule has 1 aliphatic carbocycles. The molecule has 3 rings (SSSR count). The Morgan fingerprint density at radius 1 is 1.33 bits per heavy atom. The number of fused-ring (bicyclic) bond motifs is 1. The Bertz CT molecular complexity index is 667. The van der Waals surface area contributed by atoms with Gasteiger partial charge in [0.15, 0.2) is 4.77 Å². The third kappa shape index (κ3) is 2.73. The van der Waals surface area contributed by atoms with E-state index in [2.05, 4.69) is 22.5 Å². The number of methoxy groups -OCH3 is 1. The highest BCUT2D eigenvalue weighted by atomic mass is 32.1. The highest BCUT2D eigenvalue weighted by Crippen LogP contribution is 2.37. The molecule has 0 radical (unpaired) electrons. The minimum atomic E-state index is 0.514. The van der Waals surface area contributed by atoms with Crippen molar-refractivity contribution in [1.29, 1.82) is 0 Å². The number of rotatable bonds is 4. The predicted molar refractivity (Wildman–Crippen MR) is 89.6 cm³/mol. The van der Waals surface area contributed by atoms with Gasteiger partial charge in [0.1, 0.15) is 5.75 Å². The van der Waals surface area contributed by atoms with Crippen molar-refractivity contribution in [3.8, 4) is 5.75 Å². The lowest BCUT2D eigenvalue weighted by Crippen LogP contribution is -2.21. The zero-order chi connectivity index (χ0) is 14.8. The summed E-state index contributed by atoms with van der Waals surface area (Å²) in [6.45, 7) is 2.28. The number of nitrogens with one attached hydrogen (secondary N) is 1. The molecule has 4 heteroatoms. The first-order valence-corrected chi connectivity index (χ1v) is 8.43. The third-order valence-corrected chi connectivity index (χ3v) is 5.17. The topological polar surface area (TPSA) is 29.9 Å². The van der Waals surface area contributed by atoms with E-state index in [0.29, 0.717) is 6.04 Å². The lowest BCUT2D eigenvalue weighted by molar-refractivity contribution is 0.245. The monoisotopic (exact) mass is 304 g/mol. The van der Waals surface area contributed by atoms with Crippen molar-refractivity contribution in [2.75, 3.05) is 7.11 Å². The van der Waals surface area contributed by atoms with Gasteiger partial charge >= 0.3 is 0 Å². The molecule has 3 nitrogen and oxygen atoms in total. The predicted octanol–water partition coefficient (Wildman–Crippen LogP) is 5.24. The Morgan fingerprint density at radius 2 is 2.10 bits per heavy atom. The number of benzene rings is 1. The van der Waals surface area contributed by atoms with Crippen LogP contribution in [0.4, 0.5) is 0 Å². The fraction of sp³-hybridized carbons (Fsp3) is 0.588. The summed E-state index contributed by atoms with van der Waals surface area (Å²) in [6, 6.07) is 6.70. The summed E-state index contributed by atoms with van der Waals surface area (Å²) in [5.41, 5.74) is 2.28. The summed E-state index contributed by atoms with van der Waals surface area (Å²) in [6.07, 6.45) is 7.93. The van der Waals surface area contributed by atoms with Gasteiger partial charge < -0.3 is 14.3 Å². The second-order valence-corrected chi connectivity index (χ2v) is 6.44. The summed E-state index contributed by atoms with van der Waals surface area (Å²) >= 11 is 5.61. The van der Waals surface area contributed by atoms with Crippen molar-refractivity contribution in [2.24, 2.45) is 5.92 Å². The molecule has 1 heterocycles. The van der Waals surface area contributed by atoms with Crippen LogP contribution in [0.1, 0.15) is 51.5 Å². The summed E-state index contributed by atoms with van der Waals surface area (Å²) in [4.78, 5) is 3.35. The van der Waals surface area contributed by atoms with Gasteiger partial charge in [-0.05, 0) is 49.5 Å². The number of H-pyrrole nitrogens is 1. The standard InChI is InChI=1S/C17H24N2OS/c1-3-15(12-7-5-4-6-8-12)19-16-10-9-13(20-2)11-14(16)18-17(19)21/h9-12,15H,3-8H2,1-2H3,(H,18,21). The van der Waals surface area contributed by atoms with Gasteiger partial charge in [-0.3, -0.25) is 0 Å². The summed E-state index contributed by atoms with van der Waals surface area (Å²) in [7, 11) is 1.70. The van der Waals surface area contributed by atoms with Crippen LogP contribution in [0.5, 0.6) is 5.75 Å². The summed E-state index contributed by atoms with van der Waals surface area (Å²) < 4.78 is 8.50. The van der Waals surface area contributed by atoms with Crippen molar-refractivity contribution >= 4 is 23.3 Å². The second kappa shape index (κ2) is 6.22. The Hall–Kier alpha value is -1.29. The third-order valence-electron chi connectivity index (χ3n) is 4.87. The molecular weight excluding hydrogens is 280 g/mol. The highest BCUT2D eigenvalue weighted by Gasteiger charge is 2.25. The highest BCUT2D eigenvalue weighted by molar-refractivity contribution is 7.71. The van der Waals surface area contributed by atoms with E-state index in [-0.39, 0.29) is 0 Å². The van der Waals surface area contributed by atoms with Crippen molar-refractivity contribution in [3.63, 3.8) is 0 Å². The molecule has 21 heavy (non-hydrogen) atoms. The van der Waals surface area contributed by atoms with E-state index in [1.54, 1.807) is 7.11 Å². The van der Waals surface area contributed by atoms with Gasteiger partial charge in [-0.25, -0.2) is 0 Å². The maximum absolute atomic E-state index is 5.61. The first kappa shape index (κ1) is 14.6. The molecule has 0 bridgehead atoms. The lowest BCUT2D eigenvalue weighted by Gasteiger charge is -2.31. The molecule has 1 unspecified atom stereocenters. The number of nitrogens with zero attached hydrogens (tertiary/aromatic N) is 1. The van der Waals surface area contributed by atoms with Crippen LogP contribution in [-0.4, -0.2) is 16.7 Å². The Balaban J connectivity index is 2.05. The van der Waals surface area contributed by atoms with E-state index in [4.69, 9.17) is 17.0 Å². The van der Waals surface area contributed by atoms with Crippen LogP contribution in [-0.2, 0) is 0 Å². The largest absolute Gasteiger partial charge is 0.497 e. The quantitative estimate of drug-likeness (QED) is 0.783. The number of hydrogen-bond donors (Lipinski definition) is 1. The summed E-state index contributed by atoms with van der Waals surface area (Å²) in [5.74, 6) is 1.63. The second-order valence-electron chi connectivity index (χ2n) is 6.06. The molecule has 0 amide bonds. The van der Waals surface area contributed by atoms with Crippen LogP contribution in [0.2, 0.25) is 0 Å². The molecule has 1 saturated carbocycles. The van der Waals surface area contributed by atoms with E-state index in [1.807, 2.05) is 12.1 Å². The van der Waals surface area contributed by atoms with E-state index >= 15 is 0 Å². The van der Waals surface area contributed by atoms with Gasteiger partial charge in [-0.15, -0.1) is 0 Å². The molecule has 1 aromatic heterocycles. The average molecular weight is 304 g/mol. The van der Waals surface area contributed by atoms with Crippen molar-refractivity contribution in [2.45, 2.75) is 51.5 Å². The van der Waals surface area contributed by atoms with Gasteiger partial charge in [0.2, 0.25) is 0 Å². The molecule has 0 saturated heterocycles. The molecule has 1 N–H and O–H groups in total. The molecule has 1 atom stereocenters. The molecular formula is C17H24N2OS. The van der Waals surface area contributed by atoms with Crippen LogP contribution < -0.4 is 4.74 Å². The number of hydrogen-bond acceptors (Lipinski definition) is 2. The van der Waals surface area contributed by atoms with E-state index in [9.17, 15) is 0 Å². The van der Waals surface area contributed by atoms with Crippen molar-refractivity contribution < 1.29 is 4.74 Å². The number of aromatic nitrogens is 2. The zero-order valence-electron chi connectivity index (χ0n) is 12.9. The van der Waals surface area contributed by atoms with Gasteiger partial charge in [0.05, 0.1) is 18.1 Å². The fourth-order valence-corrected chi connectivity index (χ4v) is 4.16. The molecule has 2 aromatic rings. The smallest absolute Gasteiger partial charge is 0.178 e. The van der Waals surface area contributed by atoms with Crippen molar-refractivity contribution in [1.82, 2.24) is 9.55 Å². The van der Waals surface area contributed by atoms with Crippen molar-refractivity contribution in [3.05, 3.63) is 23.0 Å². The molecule has 1 aliphatic rings. The maximum Gasteiger partial charge on any atom is 0.178 e. The number of imidazole rings is 1. The zero-order valence-corrected chi connectivity index (χ0v) is 13.7. The van der Waals surface area contributed by atoms with Crippen LogP contribution in [0.15, 0.2) is 18.2 Å². The molecule has 0 spiro atoms. The van der Waals surface area contributed by atoms with Crippen LogP contribution in [0.3, 0.4) is 0 Å². The SMILES string of the molecule is CCC(C1CCCCC1)n1c(=S)[nH]c2cc(OC)ccc21. The first-order valence-electron chi connectivity index (χ1n) is 8.03. The van der Waals surface area contributed by atoms with Crippen LogP contribution in [0, 0.1) is 10.7 Å².